The second-order valence-corrected chi connectivity index (χ2v) is 15.6. The fourth-order valence-corrected chi connectivity index (χ4v) is 8.91. The summed E-state index contributed by atoms with van der Waals surface area (Å²) in [6, 6.07) is -1.47. The summed E-state index contributed by atoms with van der Waals surface area (Å²) in [7, 11) is -3.13. The molecule has 8 atom stereocenters. The lowest BCUT2D eigenvalue weighted by molar-refractivity contribution is -0.236. The van der Waals surface area contributed by atoms with Crippen LogP contribution in [0.15, 0.2) is 34.8 Å². The molecule has 11 N–H and O–H groups in total. The van der Waals surface area contributed by atoms with Crippen LogP contribution in [0.5, 0.6) is 5.75 Å². The summed E-state index contributed by atoms with van der Waals surface area (Å²) in [4.78, 5) is 43.5. The lowest BCUT2D eigenvalue weighted by Gasteiger charge is -2.40. The van der Waals surface area contributed by atoms with Crippen LogP contribution in [0.2, 0.25) is 0 Å². The van der Waals surface area contributed by atoms with E-state index < -0.39 is 82.9 Å². The van der Waals surface area contributed by atoms with Gasteiger partial charge in [-0.05, 0) is 75.6 Å². The second kappa shape index (κ2) is 17.2. The van der Waals surface area contributed by atoms with Crippen LogP contribution < -0.4 is 26.2 Å². The number of carbonyl (C=O) groups is 3. The molecule has 2 saturated heterocycles. The molecule has 18 heteroatoms. The number of allylic oxidation sites excluding steroid dienone is 2. The van der Waals surface area contributed by atoms with Crippen molar-refractivity contribution in [3.05, 3.63) is 46.6 Å². The van der Waals surface area contributed by atoms with Crippen LogP contribution >= 0.6 is 0 Å². The minimum Gasteiger partial charge on any atom is -0.496 e. The fraction of sp³-hybridized carbons (Fsp3) is 0.600. The van der Waals surface area contributed by atoms with Gasteiger partial charge in [-0.25, -0.2) is 13.1 Å². The number of Topliss-reactive ketones (excluding diaryl/α,β-unsaturated/α-hetero) is 1. The standard InChI is InChI=1S/C35H52N6O11S/c1-18-14-24(51-4)19(2)20(3)30(18)53(49,50)40-23(15-26(43)39-33-29(46)28(45)27(44)25(17-42)52-33)31(47)35(10-8-21(9-11-35)32(37)38)16-22(36)34(48)41-12-6-5-7-13-41/h8-10,14,22-23,25,27-29,33,40,42,44-46H,5-7,11-13,15-17,36H2,1-4H3,(H3,37,38)(H,39,43)/t22-,23+,25-,27-,28+,29-,33-,35?/m1/s1. The minimum atomic E-state index is -4.58. The molecule has 2 aliphatic heterocycles. The number of nitrogens with two attached hydrogens (primary N) is 2. The fourth-order valence-electron chi connectivity index (χ4n) is 7.19. The molecule has 0 bridgehead atoms. The van der Waals surface area contributed by atoms with Gasteiger partial charge in [0.15, 0.2) is 12.0 Å². The van der Waals surface area contributed by atoms with E-state index in [1.165, 1.54) is 31.4 Å². The van der Waals surface area contributed by atoms with Crippen LogP contribution in [-0.4, -0.2) is 127 Å². The number of likely N-dealkylation sites (tertiary alicyclic amines) is 1. The van der Waals surface area contributed by atoms with Crippen LogP contribution in [0.1, 0.15) is 55.2 Å². The number of sulfonamides is 1. The summed E-state index contributed by atoms with van der Waals surface area (Å²) in [5.41, 5.74) is 12.0. The number of ketones is 1. The largest absolute Gasteiger partial charge is 0.496 e. The van der Waals surface area contributed by atoms with Crippen LogP contribution in [0.25, 0.3) is 0 Å². The summed E-state index contributed by atoms with van der Waals surface area (Å²) in [5.74, 6) is -2.05. The number of nitrogens with one attached hydrogen (secondary N) is 3. The Balaban J connectivity index is 1.75. The van der Waals surface area contributed by atoms with Crippen LogP contribution in [0.4, 0.5) is 0 Å². The number of carbonyl (C=O) groups excluding carboxylic acids is 3. The van der Waals surface area contributed by atoms with E-state index in [1.807, 2.05) is 0 Å². The van der Waals surface area contributed by atoms with E-state index >= 15 is 0 Å². The van der Waals surface area contributed by atoms with Crippen molar-refractivity contribution in [2.24, 2.45) is 16.9 Å². The van der Waals surface area contributed by atoms with Crippen LogP contribution in [0.3, 0.4) is 0 Å². The van der Waals surface area contributed by atoms with Crippen molar-refractivity contribution in [2.75, 3.05) is 26.8 Å². The molecule has 2 fully saturated rings. The first kappa shape index (κ1) is 42.0. The van der Waals surface area contributed by atoms with Crippen LogP contribution in [-0.2, 0) is 29.1 Å². The Morgan fingerprint density at radius 3 is 2.32 bits per heavy atom. The number of amides is 2. The van der Waals surface area contributed by atoms with E-state index in [2.05, 4.69) is 10.0 Å². The first-order chi connectivity index (χ1) is 24.9. The number of aliphatic hydroxyl groups excluding tert-OH is 4. The molecule has 4 rings (SSSR count). The van der Waals surface area contributed by atoms with Crippen molar-refractivity contribution < 1.29 is 52.7 Å². The Bertz CT molecular complexity index is 1740. The molecular formula is C35H52N6O11S. The summed E-state index contributed by atoms with van der Waals surface area (Å²) < 4.78 is 41.7. The highest BCUT2D eigenvalue weighted by Crippen LogP contribution is 2.38. The highest BCUT2D eigenvalue weighted by atomic mass is 32.2. The van der Waals surface area contributed by atoms with Gasteiger partial charge >= 0.3 is 0 Å². The molecular weight excluding hydrogens is 712 g/mol. The number of hydrogen-bond acceptors (Lipinski definition) is 13. The van der Waals surface area contributed by atoms with Crippen molar-refractivity contribution in [1.29, 1.82) is 5.41 Å². The maximum Gasteiger partial charge on any atom is 0.241 e. The first-order valence-corrected chi connectivity index (χ1v) is 18.9. The molecule has 0 aromatic heterocycles. The third-order valence-electron chi connectivity index (χ3n) is 10.3. The van der Waals surface area contributed by atoms with Crippen molar-refractivity contribution in [3.63, 3.8) is 0 Å². The van der Waals surface area contributed by atoms with E-state index in [-0.39, 0.29) is 29.5 Å². The summed E-state index contributed by atoms with van der Waals surface area (Å²) in [6.45, 7) is 5.03. The lowest BCUT2D eigenvalue weighted by atomic mass is 9.69. The Morgan fingerprint density at radius 2 is 1.75 bits per heavy atom. The normalized spacial score (nSPS) is 27.4. The van der Waals surface area contributed by atoms with Crippen molar-refractivity contribution in [1.82, 2.24) is 14.9 Å². The molecule has 1 aromatic carbocycles. The Hall–Kier alpha value is -3.75. The Kier molecular flexibility index (Phi) is 13.6. The number of nitrogens with zero attached hydrogens (tertiary/aromatic N) is 1. The number of benzene rings is 1. The number of ether oxygens (including phenoxy) is 2. The number of piperidine rings is 1. The molecule has 0 radical (unpaired) electrons. The maximum atomic E-state index is 14.9. The molecule has 3 aliphatic rings. The van der Waals surface area contributed by atoms with Crippen molar-refractivity contribution in [2.45, 2.75) is 107 Å². The van der Waals surface area contributed by atoms with Crippen molar-refractivity contribution in [3.8, 4) is 5.75 Å². The monoisotopic (exact) mass is 764 g/mol. The molecule has 2 amide bonds. The smallest absolute Gasteiger partial charge is 0.241 e. The van der Waals surface area contributed by atoms with E-state index in [4.69, 9.17) is 26.4 Å². The van der Waals surface area contributed by atoms with Gasteiger partial charge in [-0.3, -0.25) is 19.8 Å². The number of amidine groups is 1. The van der Waals surface area contributed by atoms with E-state index in [0.717, 1.165) is 19.3 Å². The third-order valence-corrected chi connectivity index (χ3v) is 12.1. The number of methoxy groups -OCH3 is 1. The highest BCUT2D eigenvalue weighted by molar-refractivity contribution is 7.89. The van der Waals surface area contributed by atoms with Gasteiger partial charge in [0.25, 0.3) is 0 Å². The molecule has 53 heavy (non-hydrogen) atoms. The maximum absolute atomic E-state index is 14.9. The zero-order chi connectivity index (χ0) is 39.4. The Labute approximate surface area is 308 Å². The van der Waals surface area contributed by atoms with Gasteiger partial charge < -0.3 is 51.6 Å². The predicted molar refractivity (Wildman–Crippen MR) is 192 cm³/mol. The van der Waals surface area contributed by atoms with Gasteiger partial charge in [0.1, 0.15) is 36.0 Å². The number of rotatable bonds is 14. The minimum absolute atomic E-state index is 0.134. The predicted octanol–water partition coefficient (Wildman–Crippen LogP) is -1.32. The SMILES string of the molecule is COc1cc(C)c(S(=O)(=O)N[C@@H](CC(=O)N[C@@H]2O[C@H](CO)[C@@H](O)[C@H](O)[C@H]2O)C(=O)C2(C[C@@H](N)C(=O)N3CCCCC3)C=CC(C(=N)N)=CC2)c(C)c1C. The first-order valence-electron chi connectivity index (χ1n) is 17.5. The number of aryl methyl sites for hydroxylation is 1. The zero-order valence-electron chi connectivity index (χ0n) is 30.4. The van der Waals surface area contributed by atoms with Gasteiger partial charge in [0.2, 0.25) is 21.8 Å². The third kappa shape index (κ3) is 9.14. The molecule has 0 spiro atoms. The molecule has 1 aromatic rings. The molecule has 17 nitrogen and oxygen atoms in total. The van der Waals surface area contributed by atoms with E-state index in [0.29, 0.717) is 41.1 Å². The van der Waals surface area contributed by atoms with Gasteiger partial charge in [0.05, 0.1) is 42.5 Å². The average molecular weight is 765 g/mol. The second-order valence-electron chi connectivity index (χ2n) is 14.0. The quantitative estimate of drug-likeness (QED) is 0.0786. The summed E-state index contributed by atoms with van der Waals surface area (Å²) >= 11 is 0. The molecule has 1 unspecified atom stereocenters. The van der Waals surface area contributed by atoms with Crippen molar-refractivity contribution >= 4 is 33.5 Å². The van der Waals surface area contributed by atoms with Gasteiger partial charge in [-0.15, -0.1) is 0 Å². The molecule has 1 aliphatic carbocycles. The van der Waals surface area contributed by atoms with Gasteiger partial charge in [-0.2, -0.15) is 0 Å². The number of hydrogen-bond donors (Lipinski definition) is 9. The molecule has 294 valence electrons. The zero-order valence-corrected chi connectivity index (χ0v) is 31.2. The summed E-state index contributed by atoms with van der Waals surface area (Å²) in [5, 5.41) is 50.8. The van der Waals surface area contributed by atoms with E-state index in [9.17, 15) is 43.2 Å². The van der Waals surface area contributed by atoms with Gasteiger partial charge in [0, 0.05) is 18.7 Å². The topological polar surface area (TPSA) is 288 Å². The Morgan fingerprint density at radius 1 is 1.09 bits per heavy atom. The van der Waals surface area contributed by atoms with Gasteiger partial charge in [-0.1, -0.05) is 18.2 Å². The summed E-state index contributed by atoms with van der Waals surface area (Å²) in [6.07, 6.45) is -2.72. The highest BCUT2D eigenvalue weighted by Gasteiger charge is 2.47. The number of aliphatic hydroxyl groups is 4. The molecule has 2 heterocycles. The lowest BCUT2D eigenvalue weighted by Crippen LogP contribution is -2.63. The van der Waals surface area contributed by atoms with E-state index in [1.54, 1.807) is 25.7 Å². The van der Waals surface area contributed by atoms with Crippen LogP contribution in [0, 0.1) is 31.6 Å². The average Bonchev–Trinajstić information content (AvgIpc) is 3.12. The molecule has 0 saturated carbocycles.